The Bertz CT molecular complexity index is 389. The van der Waals surface area contributed by atoms with Crippen molar-refractivity contribution in [2.45, 2.75) is 70.6 Å². The Balaban J connectivity index is 0.000000219. The number of nitrogens with two attached hydrogens (primary N) is 1. The lowest BCUT2D eigenvalue weighted by atomic mass is 9.65. The Hall–Kier alpha value is -0.940. The number of hydrazine groups is 1. The topological polar surface area (TPSA) is 75.4 Å². The van der Waals surface area contributed by atoms with Crippen molar-refractivity contribution in [3.05, 3.63) is 0 Å². The smallest absolute Gasteiger partial charge is 0.220 e. The number of primary amides is 1. The van der Waals surface area contributed by atoms with E-state index in [1.54, 1.807) is 0 Å². The van der Waals surface area contributed by atoms with Gasteiger partial charge in [-0.05, 0) is 63.8 Å². The minimum atomic E-state index is -0.0949. The van der Waals surface area contributed by atoms with E-state index in [9.17, 15) is 9.59 Å². The standard InChI is InChI=1S/C12H23N3O.C7H12O/c1-14-15-8-6-12(7-9-15)4-2-10(3-5-12)11(13)16;8-6-7-4-2-1-3-5-7/h10,14H,2-9H2,1H3,(H2,13,16);6-7H,1-5H2. The average Bonchev–Trinajstić information content (AvgIpc) is 2.64. The molecule has 2 saturated carbocycles. The van der Waals surface area contributed by atoms with E-state index in [1.165, 1.54) is 44.9 Å². The summed E-state index contributed by atoms with van der Waals surface area (Å²) in [6, 6.07) is 0. The number of amides is 1. The Morgan fingerprint density at radius 2 is 1.62 bits per heavy atom. The molecule has 5 heteroatoms. The molecule has 0 aromatic heterocycles. The van der Waals surface area contributed by atoms with E-state index in [-0.39, 0.29) is 11.8 Å². The fourth-order valence-corrected chi connectivity index (χ4v) is 4.49. The van der Waals surface area contributed by atoms with Gasteiger partial charge in [0.15, 0.2) is 0 Å². The third-order valence-electron chi connectivity index (χ3n) is 6.43. The molecule has 0 aromatic rings. The SMILES string of the molecule is CNN1CCC2(CCC(C(N)=O)CC2)CC1.O=CC1CCCCC1. The van der Waals surface area contributed by atoms with E-state index in [0.717, 1.165) is 45.1 Å². The van der Waals surface area contributed by atoms with Gasteiger partial charge in [0.25, 0.3) is 0 Å². The average molecular weight is 338 g/mol. The van der Waals surface area contributed by atoms with Gasteiger partial charge in [0.1, 0.15) is 6.29 Å². The van der Waals surface area contributed by atoms with Crippen LogP contribution in [0.2, 0.25) is 0 Å². The van der Waals surface area contributed by atoms with Gasteiger partial charge in [-0.2, -0.15) is 0 Å². The molecule has 0 unspecified atom stereocenters. The van der Waals surface area contributed by atoms with Crippen molar-refractivity contribution in [1.82, 2.24) is 10.4 Å². The molecule has 1 aliphatic heterocycles. The summed E-state index contributed by atoms with van der Waals surface area (Å²) in [5, 5.41) is 2.28. The maximum atomic E-state index is 11.1. The van der Waals surface area contributed by atoms with Gasteiger partial charge in [-0.1, -0.05) is 19.3 Å². The minimum absolute atomic E-state index is 0.0949. The summed E-state index contributed by atoms with van der Waals surface area (Å²) in [5.41, 5.74) is 9.10. The van der Waals surface area contributed by atoms with E-state index in [0.29, 0.717) is 11.3 Å². The van der Waals surface area contributed by atoms with Crippen molar-refractivity contribution in [3.8, 4) is 0 Å². The molecule has 0 atom stereocenters. The zero-order valence-corrected chi connectivity index (χ0v) is 15.3. The van der Waals surface area contributed by atoms with Crippen LogP contribution in [0.3, 0.4) is 0 Å². The number of rotatable bonds is 3. The van der Waals surface area contributed by atoms with Crippen LogP contribution < -0.4 is 11.2 Å². The Labute approximate surface area is 146 Å². The van der Waals surface area contributed by atoms with Crippen molar-refractivity contribution in [1.29, 1.82) is 0 Å². The normalized spacial score (nSPS) is 25.7. The maximum absolute atomic E-state index is 11.1. The molecular formula is C19H35N3O2. The molecule has 1 spiro atoms. The van der Waals surface area contributed by atoms with Crippen LogP contribution >= 0.6 is 0 Å². The molecule has 0 bridgehead atoms. The maximum Gasteiger partial charge on any atom is 0.220 e. The van der Waals surface area contributed by atoms with Gasteiger partial charge >= 0.3 is 0 Å². The highest BCUT2D eigenvalue weighted by Gasteiger charge is 2.38. The lowest BCUT2D eigenvalue weighted by Crippen LogP contribution is -2.47. The van der Waals surface area contributed by atoms with Crippen LogP contribution in [0.15, 0.2) is 0 Å². The summed E-state index contributed by atoms with van der Waals surface area (Å²) >= 11 is 0. The molecule has 5 nitrogen and oxygen atoms in total. The summed E-state index contributed by atoms with van der Waals surface area (Å²) < 4.78 is 0. The summed E-state index contributed by atoms with van der Waals surface area (Å²) in [6.45, 7) is 2.27. The van der Waals surface area contributed by atoms with E-state index < -0.39 is 0 Å². The predicted molar refractivity (Wildman–Crippen MR) is 96.1 cm³/mol. The molecule has 1 amide bonds. The number of carbonyl (C=O) groups excluding carboxylic acids is 2. The van der Waals surface area contributed by atoms with Crippen LogP contribution in [0, 0.1) is 17.3 Å². The van der Waals surface area contributed by atoms with E-state index in [2.05, 4.69) is 10.4 Å². The number of hydrogen-bond acceptors (Lipinski definition) is 4. The molecule has 3 rings (SSSR count). The highest BCUT2D eigenvalue weighted by Crippen LogP contribution is 2.45. The number of nitrogens with one attached hydrogen (secondary N) is 1. The molecule has 3 aliphatic rings. The quantitative estimate of drug-likeness (QED) is 0.776. The second kappa shape index (κ2) is 9.52. The van der Waals surface area contributed by atoms with Gasteiger partial charge in [-0.15, -0.1) is 0 Å². The molecule has 24 heavy (non-hydrogen) atoms. The predicted octanol–water partition coefficient (Wildman–Crippen LogP) is 2.64. The lowest BCUT2D eigenvalue weighted by molar-refractivity contribution is -0.124. The molecule has 0 aromatic carbocycles. The van der Waals surface area contributed by atoms with Crippen molar-refractivity contribution in [2.75, 3.05) is 20.1 Å². The fraction of sp³-hybridized carbons (Fsp3) is 0.895. The number of nitrogens with zero attached hydrogens (tertiary/aromatic N) is 1. The first-order valence-electron chi connectivity index (χ1n) is 9.75. The van der Waals surface area contributed by atoms with Crippen LogP contribution in [-0.4, -0.2) is 37.3 Å². The highest BCUT2D eigenvalue weighted by molar-refractivity contribution is 5.76. The van der Waals surface area contributed by atoms with Crippen LogP contribution in [0.1, 0.15) is 70.6 Å². The third-order valence-corrected chi connectivity index (χ3v) is 6.43. The minimum Gasteiger partial charge on any atom is -0.369 e. The van der Waals surface area contributed by atoms with Crippen LogP contribution in [-0.2, 0) is 9.59 Å². The van der Waals surface area contributed by atoms with Crippen molar-refractivity contribution >= 4 is 12.2 Å². The number of carbonyl (C=O) groups is 2. The van der Waals surface area contributed by atoms with E-state index >= 15 is 0 Å². The van der Waals surface area contributed by atoms with Gasteiger partial charge in [-0.3, -0.25) is 10.2 Å². The summed E-state index contributed by atoms with van der Waals surface area (Å²) in [6.07, 6.45) is 14.2. The third kappa shape index (κ3) is 5.55. The molecule has 138 valence electrons. The number of aldehydes is 1. The van der Waals surface area contributed by atoms with Gasteiger partial charge in [0.05, 0.1) is 0 Å². The Morgan fingerprint density at radius 3 is 2.04 bits per heavy atom. The largest absolute Gasteiger partial charge is 0.369 e. The van der Waals surface area contributed by atoms with E-state index in [4.69, 9.17) is 5.73 Å². The van der Waals surface area contributed by atoms with Gasteiger partial charge < -0.3 is 10.5 Å². The molecular weight excluding hydrogens is 302 g/mol. The van der Waals surface area contributed by atoms with Gasteiger partial charge in [0, 0.05) is 24.9 Å². The molecule has 1 heterocycles. The van der Waals surface area contributed by atoms with Crippen molar-refractivity contribution in [3.63, 3.8) is 0 Å². The lowest BCUT2D eigenvalue weighted by Gasteiger charge is -2.45. The Kier molecular flexibility index (Phi) is 7.69. The second-order valence-corrected chi connectivity index (χ2v) is 7.92. The molecule has 3 fully saturated rings. The summed E-state index contributed by atoms with van der Waals surface area (Å²) in [7, 11) is 1.99. The Morgan fingerprint density at radius 1 is 1.04 bits per heavy atom. The first-order valence-corrected chi connectivity index (χ1v) is 9.75. The second-order valence-electron chi connectivity index (χ2n) is 7.92. The van der Waals surface area contributed by atoms with Crippen LogP contribution in [0.25, 0.3) is 0 Å². The van der Waals surface area contributed by atoms with Crippen LogP contribution in [0.4, 0.5) is 0 Å². The van der Waals surface area contributed by atoms with Crippen LogP contribution in [0.5, 0.6) is 0 Å². The zero-order valence-electron chi connectivity index (χ0n) is 15.3. The fourth-order valence-electron chi connectivity index (χ4n) is 4.49. The molecule has 1 saturated heterocycles. The number of piperidine rings is 1. The van der Waals surface area contributed by atoms with E-state index in [1.807, 2.05) is 7.05 Å². The first-order chi connectivity index (χ1) is 11.6. The summed E-state index contributed by atoms with van der Waals surface area (Å²) in [4.78, 5) is 21.3. The van der Waals surface area contributed by atoms with Gasteiger partial charge in [0.2, 0.25) is 5.91 Å². The number of hydrogen-bond donors (Lipinski definition) is 2. The monoisotopic (exact) mass is 337 g/mol. The molecule has 3 N–H and O–H groups in total. The van der Waals surface area contributed by atoms with Crippen molar-refractivity contribution < 1.29 is 9.59 Å². The van der Waals surface area contributed by atoms with Crippen molar-refractivity contribution in [2.24, 2.45) is 23.0 Å². The highest BCUT2D eigenvalue weighted by atomic mass is 16.1. The zero-order chi connectivity index (χ0) is 17.4. The van der Waals surface area contributed by atoms with Gasteiger partial charge in [-0.25, -0.2) is 5.01 Å². The summed E-state index contributed by atoms with van der Waals surface area (Å²) in [5.74, 6) is 0.458. The molecule has 0 radical (unpaired) electrons. The first kappa shape index (κ1) is 19.4. The molecule has 2 aliphatic carbocycles.